The molecule has 0 atom stereocenters. The minimum absolute atomic E-state index is 0.0685. The molecule has 0 aliphatic rings. The average molecular weight is 268 g/mol. The van der Waals surface area contributed by atoms with E-state index in [1.165, 1.54) is 11.8 Å². The summed E-state index contributed by atoms with van der Waals surface area (Å²) < 4.78 is 37.5. The molecule has 0 fully saturated rings. The predicted molar refractivity (Wildman–Crippen MR) is 60.8 cm³/mol. The molecule has 0 unspecified atom stereocenters. The lowest BCUT2D eigenvalue weighted by molar-refractivity contribution is -0.134. The van der Waals surface area contributed by atoms with Gasteiger partial charge in [0.15, 0.2) is 5.16 Å². The molecule has 4 nitrogen and oxygen atoms in total. The minimum Gasteiger partial charge on any atom is -0.368 e. The van der Waals surface area contributed by atoms with Gasteiger partial charge in [-0.2, -0.15) is 13.2 Å². The van der Waals surface area contributed by atoms with Gasteiger partial charge in [-0.15, -0.1) is 10.2 Å². The fraction of sp³-hybridized carbons (Fsp3) is 0.778. The summed E-state index contributed by atoms with van der Waals surface area (Å²) in [5, 5.41) is 8.12. The molecular weight excluding hydrogens is 253 g/mol. The van der Waals surface area contributed by atoms with Crippen LogP contribution in [0.1, 0.15) is 32.7 Å². The summed E-state index contributed by atoms with van der Waals surface area (Å²) in [7, 11) is 0. The predicted octanol–water partition coefficient (Wildman–Crippen LogP) is 2.88. The average Bonchev–Trinajstić information content (AvgIpc) is 2.53. The van der Waals surface area contributed by atoms with Gasteiger partial charge in [-0.1, -0.05) is 11.8 Å². The molecule has 0 bridgehead atoms. The summed E-state index contributed by atoms with van der Waals surface area (Å²) in [5.74, 6) is 0.642. The monoisotopic (exact) mass is 268 g/mol. The second kappa shape index (κ2) is 5.61. The van der Waals surface area contributed by atoms with Crippen molar-refractivity contribution in [1.82, 2.24) is 14.8 Å². The van der Waals surface area contributed by atoms with Gasteiger partial charge in [0, 0.05) is 18.2 Å². The lowest BCUT2D eigenvalue weighted by Crippen LogP contribution is -2.08. The van der Waals surface area contributed by atoms with Crippen LogP contribution >= 0.6 is 11.8 Å². The number of hydrogen-bond donors (Lipinski definition) is 1. The summed E-state index contributed by atoms with van der Waals surface area (Å²) in [6.07, 6.45) is -4.80. The number of nitrogens with zero attached hydrogens (tertiary/aromatic N) is 3. The smallest absolute Gasteiger partial charge is 0.368 e. The Bertz CT molecular complexity index is 362. The molecular formula is C9H15F3N4S. The number of halogens is 3. The highest BCUT2D eigenvalue weighted by Gasteiger charge is 2.26. The Morgan fingerprint density at radius 1 is 1.35 bits per heavy atom. The number of thioether (sulfide) groups is 1. The van der Waals surface area contributed by atoms with E-state index >= 15 is 0 Å². The van der Waals surface area contributed by atoms with Crippen molar-refractivity contribution >= 4 is 17.7 Å². The van der Waals surface area contributed by atoms with E-state index in [9.17, 15) is 13.2 Å². The van der Waals surface area contributed by atoms with Crippen LogP contribution < -0.4 is 5.73 Å². The molecule has 17 heavy (non-hydrogen) atoms. The SMILES string of the molecule is CC(C)n1c(N)nnc1SCCCC(F)(F)F. The topological polar surface area (TPSA) is 56.7 Å². The first-order chi connectivity index (χ1) is 7.81. The molecule has 98 valence electrons. The van der Waals surface area contributed by atoms with Crippen LogP contribution in [0, 0.1) is 0 Å². The van der Waals surface area contributed by atoms with Crippen LogP contribution in [0.2, 0.25) is 0 Å². The van der Waals surface area contributed by atoms with E-state index in [2.05, 4.69) is 10.2 Å². The summed E-state index contributed by atoms with van der Waals surface area (Å²) >= 11 is 1.25. The Labute approximate surface area is 102 Å². The molecule has 0 radical (unpaired) electrons. The third-order valence-corrected chi connectivity index (χ3v) is 3.07. The lowest BCUT2D eigenvalue weighted by atomic mass is 10.3. The van der Waals surface area contributed by atoms with E-state index in [0.29, 0.717) is 16.9 Å². The van der Waals surface area contributed by atoms with Crippen molar-refractivity contribution in [3.05, 3.63) is 0 Å². The van der Waals surface area contributed by atoms with Gasteiger partial charge in [0.2, 0.25) is 5.95 Å². The highest BCUT2D eigenvalue weighted by atomic mass is 32.2. The van der Waals surface area contributed by atoms with E-state index in [4.69, 9.17) is 5.73 Å². The molecule has 8 heteroatoms. The maximum Gasteiger partial charge on any atom is 0.389 e. The Morgan fingerprint density at radius 2 is 2.00 bits per heavy atom. The molecule has 0 aliphatic carbocycles. The molecule has 2 N–H and O–H groups in total. The summed E-state index contributed by atoms with van der Waals surface area (Å²) in [6, 6.07) is 0.0927. The van der Waals surface area contributed by atoms with Gasteiger partial charge in [-0.3, -0.25) is 4.57 Å². The van der Waals surface area contributed by atoms with Crippen molar-refractivity contribution in [3.63, 3.8) is 0 Å². The first-order valence-corrected chi connectivity index (χ1v) is 6.19. The zero-order chi connectivity index (χ0) is 13.1. The van der Waals surface area contributed by atoms with Crippen LogP contribution in [0.15, 0.2) is 5.16 Å². The zero-order valence-electron chi connectivity index (χ0n) is 9.66. The van der Waals surface area contributed by atoms with Crippen LogP contribution in [0.25, 0.3) is 0 Å². The fourth-order valence-electron chi connectivity index (χ4n) is 1.31. The third kappa shape index (κ3) is 4.45. The van der Waals surface area contributed by atoms with Crippen molar-refractivity contribution in [1.29, 1.82) is 0 Å². The fourth-order valence-corrected chi connectivity index (χ4v) is 2.32. The van der Waals surface area contributed by atoms with Gasteiger partial charge in [0.1, 0.15) is 0 Å². The maximum atomic E-state index is 11.9. The number of rotatable bonds is 5. The quantitative estimate of drug-likeness (QED) is 0.659. The van der Waals surface area contributed by atoms with Crippen molar-refractivity contribution in [2.24, 2.45) is 0 Å². The van der Waals surface area contributed by atoms with Gasteiger partial charge in [0.25, 0.3) is 0 Å². The summed E-state index contributed by atoms with van der Waals surface area (Å²) in [4.78, 5) is 0. The molecule has 0 aromatic carbocycles. The number of hydrogen-bond acceptors (Lipinski definition) is 4. The first-order valence-electron chi connectivity index (χ1n) is 5.21. The number of alkyl halides is 3. The third-order valence-electron chi connectivity index (χ3n) is 2.04. The largest absolute Gasteiger partial charge is 0.389 e. The Morgan fingerprint density at radius 3 is 2.53 bits per heavy atom. The van der Waals surface area contributed by atoms with E-state index < -0.39 is 12.6 Å². The molecule has 0 saturated carbocycles. The lowest BCUT2D eigenvalue weighted by Gasteiger charge is -2.11. The molecule has 0 spiro atoms. The van der Waals surface area contributed by atoms with Crippen LogP contribution in [0.5, 0.6) is 0 Å². The second-order valence-electron chi connectivity index (χ2n) is 3.87. The number of nitrogens with two attached hydrogens (primary N) is 1. The number of aromatic nitrogens is 3. The van der Waals surface area contributed by atoms with Crippen LogP contribution in [-0.2, 0) is 0 Å². The van der Waals surface area contributed by atoms with Crippen LogP contribution in [-0.4, -0.2) is 26.7 Å². The molecule has 1 aromatic heterocycles. The highest BCUT2D eigenvalue weighted by Crippen LogP contribution is 2.26. The van der Waals surface area contributed by atoms with Crippen LogP contribution in [0.3, 0.4) is 0 Å². The molecule has 1 heterocycles. The van der Waals surface area contributed by atoms with E-state index in [1.54, 1.807) is 4.57 Å². The van der Waals surface area contributed by atoms with Gasteiger partial charge < -0.3 is 5.73 Å². The van der Waals surface area contributed by atoms with Crippen LogP contribution in [0.4, 0.5) is 19.1 Å². The van der Waals surface area contributed by atoms with Gasteiger partial charge in [-0.05, 0) is 20.3 Å². The Balaban J connectivity index is 2.47. The Hall–Kier alpha value is -0.920. The molecule has 0 aliphatic heterocycles. The molecule has 1 aromatic rings. The highest BCUT2D eigenvalue weighted by molar-refractivity contribution is 7.99. The minimum atomic E-state index is -4.09. The van der Waals surface area contributed by atoms with Crippen molar-refractivity contribution in [3.8, 4) is 0 Å². The zero-order valence-corrected chi connectivity index (χ0v) is 10.5. The second-order valence-corrected chi connectivity index (χ2v) is 4.93. The summed E-state index contributed by atoms with van der Waals surface area (Å²) in [5.41, 5.74) is 5.61. The normalized spacial score (nSPS) is 12.4. The first kappa shape index (κ1) is 14.1. The van der Waals surface area contributed by atoms with Gasteiger partial charge in [-0.25, -0.2) is 0 Å². The molecule has 0 amide bonds. The van der Waals surface area contributed by atoms with E-state index in [0.717, 1.165) is 0 Å². The van der Waals surface area contributed by atoms with Crippen molar-refractivity contribution in [2.75, 3.05) is 11.5 Å². The van der Waals surface area contributed by atoms with Crippen molar-refractivity contribution < 1.29 is 13.2 Å². The summed E-state index contributed by atoms with van der Waals surface area (Å²) in [6.45, 7) is 3.83. The van der Waals surface area contributed by atoms with E-state index in [-0.39, 0.29) is 12.5 Å². The number of nitrogen functional groups attached to an aromatic ring is 1. The maximum absolute atomic E-state index is 11.9. The molecule has 0 saturated heterocycles. The Kier molecular flexibility index (Phi) is 4.67. The van der Waals surface area contributed by atoms with Gasteiger partial charge in [0.05, 0.1) is 0 Å². The van der Waals surface area contributed by atoms with E-state index in [1.807, 2.05) is 13.8 Å². The van der Waals surface area contributed by atoms with Gasteiger partial charge >= 0.3 is 6.18 Å². The van der Waals surface area contributed by atoms with Crippen molar-refractivity contribution in [2.45, 2.75) is 44.1 Å². The standard InChI is InChI=1S/C9H15F3N4S/c1-6(2)16-7(13)14-15-8(16)17-5-3-4-9(10,11)12/h6H,3-5H2,1-2H3,(H2,13,14). The number of anilines is 1. The molecule has 1 rings (SSSR count).